The summed E-state index contributed by atoms with van der Waals surface area (Å²) < 4.78 is 57.4. The molecule has 2 rings (SSSR count). The van der Waals surface area contributed by atoms with Crippen LogP contribution in [-0.2, 0) is 16.6 Å². The van der Waals surface area contributed by atoms with Gasteiger partial charge in [-0.1, -0.05) is 6.92 Å². The van der Waals surface area contributed by atoms with Gasteiger partial charge >= 0.3 is 0 Å². The zero-order valence-corrected chi connectivity index (χ0v) is 12.0. The second-order valence-electron chi connectivity index (χ2n) is 4.26. The maximum Gasteiger partial charge on any atom is 0.295 e. The van der Waals surface area contributed by atoms with E-state index in [1.807, 2.05) is 6.92 Å². The molecule has 0 aliphatic rings. The Bertz CT molecular complexity index is 709. The normalized spacial score (nSPS) is 11.6. The van der Waals surface area contributed by atoms with Gasteiger partial charge in [0.25, 0.3) is 10.0 Å². The van der Waals surface area contributed by atoms with Crippen molar-refractivity contribution in [3.8, 4) is 0 Å². The zero-order valence-electron chi connectivity index (χ0n) is 11.2. The van der Waals surface area contributed by atoms with Crippen LogP contribution < -0.4 is 10.0 Å². The van der Waals surface area contributed by atoms with Gasteiger partial charge in [-0.05, 0) is 30.8 Å². The molecular weight excluding hydrogens is 302 g/mol. The van der Waals surface area contributed by atoms with Crippen LogP contribution in [0.25, 0.3) is 0 Å². The van der Waals surface area contributed by atoms with Crippen molar-refractivity contribution in [1.29, 1.82) is 0 Å². The summed E-state index contributed by atoms with van der Waals surface area (Å²) in [7, 11) is -4.03. The summed E-state index contributed by atoms with van der Waals surface area (Å²) >= 11 is 0. The molecule has 0 saturated carbocycles. The summed E-state index contributed by atoms with van der Waals surface area (Å²) in [6, 6.07) is 5.21. The van der Waals surface area contributed by atoms with E-state index in [0.29, 0.717) is 24.9 Å². The third kappa shape index (κ3) is 4.02. The van der Waals surface area contributed by atoms with E-state index in [1.165, 1.54) is 12.1 Å². The van der Waals surface area contributed by atoms with Crippen molar-refractivity contribution < 1.29 is 21.6 Å². The minimum absolute atomic E-state index is 0.211. The number of benzene rings is 1. The lowest BCUT2D eigenvalue weighted by Gasteiger charge is -2.06. The Hall–Kier alpha value is -1.93. The van der Waals surface area contributed by atoms with E-state index < -0.39 is 21.7 Å². The van der Waals surface area contributed by atoms with Crippen molar-refractivity contribution in [2.45, 2.75) is 18.6 Å². The third-order valence-corrected chi connectivity index (χ3v) is 3.82. The maximum absolute atomic E-state index is 13.0. The van der Waals surface area contributed by atoms with Crippen molar-refractivity contribution in [3.05, 3.63) is 47.7 Å². The van der Waals surface area contributed by atoms with Crippen LogP contribution in [0, 0.1) is 11.6 Å². The van der Waals surface area contributed by atoms with E-state index in [4.69, 9.17) is 4.42 Å². The second kappa shape index (κ2) is 6.23. The van der Waals surface area contributed by atoms with Gasteiger partial charge in [0.05, 0.1) is 12.2 Å². The van der Waals surface area contributed by atoms with Gasteiger partial charge < -0.3 is 9.73 Å². The molecule has 1 aromatic carbocycles. The van der Waals surface area contributed by atoms with Gasteiger partial charge in [-0.3, -0.25) is 4.72 Å². The highest BCUT2D eigenvalue weighted by Crippen LogP contribution is 2.20. The topological polar surface area (TPSA) is 71.3 Å². The average Bonchev–Trinajstić information content (AvgIpc) is 2.84. The van der Waals surface area contributed by atoms with E-state index in [2.05, 4.69) is 10.0 Å². The number of halogens is 2. The number of anilines is 1. The molecule has 1 heterocycles. The lowest BCUT2D eigenvalue weighted by Crippen LogP contribution is -2.13. The second-order valence-corrected chi connectivity index (χ2v) is 5.88. The molecule has 0 aliphatic carbocycles. The predicted octanol–water partition coefficient (Wildman–Crippen LogP) is 2.47. The maximum atomic E-state index is 13.0. The molecule has 1 aromatic heterocycles. The Kier molecular flexibility index (Phi) is 4.59. The van der Waals surface area contributed by atoms with Gasteiger partial charge in [-0.2, -0.15) is 8.42 Å². The molecule has 8 heteroatoms. The highest BCUT2D eigenvalue weighted by Gasteiger charge is 2.19. The van der Waals surface area contributed by atoms with Crippen molar-refractivity contribution in [1.82, 2.24) is 5.32 Å². The van der Waals surface area contributed by atoms with E-state index in [1.54, 1.807) is 0 Å². The average molecular weight is 316 g/mol. The summed E-state index contributed by atoms with van der Waals surface area (Å²) in [5, 5.41) is 2.67. The first kappa shape index (κ1) is 15.5. The van der Waals surface area contributed by atoms with E-state index in [-0.39, 0.29) is 10.8 Å². The Morgan fingerprint density at radius 3 is 2.43 bits per heavy atom. The molecule has 5 nitrogen and oxygen atoms in total. The molecular formula is C13H14F2N2O3S. The summed E-state index contributed by atoms with van der Waals surface area (Å²) in [4.78, 5) is 0. The van der Waals surface area contributed by atoms with Crippen LogP contribution in [0.1, 0.15) is 12.7 Å². The molecule has 0 saturated heterocycles. The predicted molar refractivity (Wildman–Crippen MR) is 73.3 cm³/mol. The lowest BCUT2D eigenvalue weighted by atomic mass is 10.3. The van der Waals surface area contributed by atoms with Gasteiger partial charge in [-0.25, -0.2) is 8.78 Å². The summed E-state index contributed by atoms with van der Waals surface area (Å²) in [5.41, 5.74) is -0.211. The molecule has 0 aliphatic heterocycles. The smallest absolute Gasteiger partial charge is 0.295 e. The summed E-state index contributed by atoms with van der Waals surface area (Å²) in [5.74, 6) is -1.30. The number of furan rings is 1. The van der Waals surface area contributed by atoms with Crippen LogP contribution in [0.5, 0.6) is 0 Å². The third-order valence-electron chi connectivity index (χ3n) is 2.57. The van der Waals surface area contributed by atoms with E-state index in [0.717, 1.165) is 12.1 Å². The molecule has 0 atom stereocenters. The Labute approximate surface area is 121 Å². The fraction of sp³-hybridized carbons (Fsp3) is 0.231. The fourth-order valence-electron chi connectivity index (χ4n) is 1.66. The first-order valence-corrected chi connectivity index (χ1v) is 7.67. The number of hydrogen-bond acceptors (Lipinski definition) is 4. The summed E-state index contributed by atoms with van der Waals surface area (Å²) in [6.45, 7) is 3.00. The molecule has 114 valence electrons. The molecule has 0 spiro atoms. The first-order valence-electron chi connectivity index (χ1n) is 6.19. The van der Waals surface area contributed by atoms with Crippen LogP contribution in [0.4, 0.5) is 14.5 Å². The molecule has 0 unspecified atom stereocenters. The Morgan fingerprint density at radius 2 is 1.81 bits per heavy atom. The number of nitrogens with one attached hydrogen (secondary N) is 2. The van der Waals surface area contributed by atoms with Gasteiger partial charge in [-0.15, -0.1) is 0 Å². The van der Waals surface area contributed by atoms with Crippen LogP contribution in [0.15, 0.2) is 39.8 Å². The Morgan fingerprint density at radius 1 is 1.14 bits per heavy atom. The van der Waals surface area contributed by atoms with Gasteiger partial charge in [0.1, 0.15) is 17.4 Å². The highest BCUT2D eigenvalue weighted by atomic mass is 32.2. The fourth-order valence-corrected chi connectivity index (χ4v) is 2.66. The number of rotatable bonds is 6. The summed E-state index contributed by atoms with van der Waals surface area (Å²) in [6.07, 6.45) is 0. The van der Waals surface area contributed by atoms with Gasteiger partial charge in [0.2, 0.25) is 5.09 Å². The van der Waals surface area contributed by atoms with Gasteiger partial charge in [0, 0.05) is 6.07 Å². The van der Waals surface area contributed by atoms with Crippen molar-refractivity contribution >= 4 is 15.7 Å². The molecule has 21 heavy (non-hydrogen) atoms. The largest absolute Gasteiger partial charge is 0.446 e. The van der Waals surface area contributed by atoms with Gasteiger partial charge in [0.15, 0.2) is 0 Å². The Balaban J connectivity index is 2.19. The number of hydrogen-bond donors (Lipinski definition) is 2. The van der Waals surface area contributed by atoms with Crippen LogP contribution in [0.2, 0.25) is 0 Å². The van der Waals surface area contributed by atoms with Crippen molar-refractivity contribution in [2.75, 3.05) is 11.3 Å². The van der Waals surface area contributed by atoms with Crippen LogP contribution >= 0.6 is 0 Å². The van der Waals surface area contributed by atoms with E-state index >= 15 is 0 Å². The minimum atomic E-state index is -4.03. The minimum Gasteiger partial charge on any atom is -0.446 e. The van der Waals surface area contributed by atoms with Crippen LogP contribution in [-0.4, -0.2) is 15.0 Å². The zero-order chi connectivity index (χ0) is 15.5. The number of sulfonamides is 1. The first-order chi connectivity index (χ1) is 9.90. The molecule has 0 radical (unpaired) electrons. The molecule has 0 bridgehead atoms. The van der Waals surface area contributed by atoms with Crippen molar-refractivity contribution in [2.24, 2.45) is 0 Å². The standard InChI is InChI=1S/C13H14F2N2O3S/c1-2-16-8-12-3-4-13(20-12)21(18,19)17-11-6-9(14)5-10(15)7-11/h3-7,16-17H,2,8H2,1H3. The molecule has 2 N–H and O–H groups in total. The molecule has 0 amide bonds. The quantitative estimate of drug-likeness (QED) is 0.859. The van der Waals surface area contributed by atoms with E-state index in [9.17, 15) is 17.2 Å². The molecule has 0 fully saturated rings. The highest BCUT2D eigenvalue weighted by molar-refractivity contribution is 7.92. The van der Waals surface area contributed by atoms with Crippen molar-refractivity contribution in [3.63, 3.8) is 0 Å². The lowest BCUT2D eigenvalue weighted by molar-refractivity contribution is 0.405. The molecule has 2 aromatic rings. The van der Waals surface area contributed by atoms with Crippen LogP contribution in [0.3, 0.4) is 0 Å². The SMILES string of the molecule is CCNCc1ccc(S(=O)(=O)Nc2cc(F)cc(F)c2)o1. The monoisotopic (exact) mass is 316 g/mol.